The molecule has 0 spiro atoms. The standard InChI is InChI=1S/C24H20B3O6/c28-25-33-24-11-5-18(6-12-24)21-14-19(16-1-7-22(8-2-16)26(29)30)13-20(15-21)17-3-9-23(10-4-17)27(31)32/h1-15,28-32H. The lowest BCUT2D eigenvalue weighted by Crippen LogP contribution is -2.29. The van der Waals surface area contributed by atoms with Gasteiger partial charge in [0.25, 0.3) is 0 Å². The molecule has 4 aromatic rings. The van der Waals surface area contributed by atoms with Crippen molar-refractivity contribution in [3.05, 3.63) is 91.0 Å². The average molecular weight is 437 g/mol. The Morgan fingerprint density at radius 1 is 0.485 bits per heavy atom. The Hall–Kier alpha value is -3.33. The Kier molecular flexibility index (Phi) is 6.98. The highest BCUT2D eigenvalue weighted by Crippen LogP contribution is 2.33. The van der Waals surface area contributed by atoms with Crippen LogP contribution in [0.1, 0.15) is 0 Å². The lowest BCUT2D eigenvalue weighted by Gasteiger charge is -2.13. The highest BCUT2D eigenvalue weighted by atomic mass is 16.5. The van der Waals surface area contributed by atoms with E-state index in [4.69, 9.17) is 9.68 Å². The summed E-state index contributed by atoms with van der Waals surface area (Å²) in [7, 11) is -2.43. The second-order valence-corrected chi connectivity index (χ2v) is 7.54. The van der Waals surface area contributed by atoms with Gasteiger partial charge in [0.1, 0.15) is 5.75 Å². The molecule has 0 aliphatic rings. The van der Waals surface area contributed by atoms with Gasteiger partial charge >= 0.3 is 21.9 Å². The predicted octanol–water partition coefficient (Wildman–Crippen LogP) is 0.952. The van der Waals surface area contributed by atoms with E-state index < -0.39 is 14.2 Å². The van der Waals surface area contributed by atoms with Gasteiger partial charge in [-0.3, -0.25) is 0 Å². The van der Waals surface area contributed by atoms with Crippen molar-refractivity contribution in [1.82, 2.24) is 0 Å². The molecule has 0 bridgehead atoms. The zero-order valence-corrected chi connectivity index (χ0v) is 17.5. The van der Waals surface area contributed by atoms with Crippen molar-refractivity contribution < 1.29 is 29.8 Å². The number of hydrogen-bond donors (Lipinski definition) is 5. The van der Waals surface area contributed by atoms with E-state index in [0.29, 0.717) is 24.4 Å². The Bertz CT molecular complexity index is 1140. The Labute approximate surface area is 193 Å². The molecular formula is C24H20B3O6. The van der Waals surface area contributed by atoms with Crippen LogP contribution >= 0.6 is 0 Å². The first-order valence-corrected chi connectivity index (χ1v) is 10.3. The van der Waals surface area contributed by atoms with Crippen molar-refractivity contribution >= 4 is 32.8 Å². The smallest absolute Gasteiger partial charge is 0.537 e. The van der Waals surface area contributed by atoms with E-state index >= 15 is 0 Å². The van der Waals surface area contributed by atoms with Gasteiger partial charge in [-0.1, -0.05) is 60.7 Å². The fraction of sp³-hybridized carbons (Fsp3) is 0. The highest BCUT2D eigenvalue weighted by Gasteiger charge is 2.13. The molecule has 0 heterocycles. The van der Waals surface area contributed by atoms with Crippen LogP contribution in [0.2, 0.25) is 0 Å². The van der Waals surface area contributed by atoms with Gasteiger partial charge in [0.05, 0.1) is 0 Å². The molecule has 161 valence electrons. The first-order valence-electron chi connectivity index (χ1n) is 10.3. The molecule has 0 saturated carbocycles. The maximum atomic E-state index is 9.38. The SMILES string of the molecule is O[B]Oc1ccc(-c2cc(-c3ccc(B(O)O)cc3)cc(-c3ccc(B(O)O)cc3)c2)cc1. The summed E-state index contributed by atoms with van der Waals surface area (Å²) in [5, 5.41) is 46.4. The van der Waals surface area contributed by atoms with E-state index in [2.05, 4.69) is 0 Å². The Balaban J connectivity index is 1.80. The van der Waals surface area contributed by atoms with Gasteiger partial charge in [-0.05, 0) is 74.6 Å². The summed E-state index contributed by atoms with van der Waals surface area (Å²) in [4.78, 5) is 0. The topological polar surface area (TPSA) is 110 Å². The molecule has 1 radical (unpaired) electrons. The normalized spacial score (nSPS) is 10.6. The van der Waals surface area contributed by atoms with Gasteiger partial charge in [-0.25, -0.2) is 0 Å². The molecule has 0 atom stereocenters. The first kappa shape index (κ1) is 22.9. The fourth-order valence-corrected chi connectivity index (χ4v) is 3.61. The zero-order chi connectivity index (χ0) is 23.4. The van der Waals surface area contributed by atoms with E-state index in [-0.39, 0.29) is 0 Å². The molecule has 0 aliphatic carbocycles. The molecule has 5 N–H and O–H groups in total. The molecule has 0 amide bonds. The molecule has 4 aromatic carbocycles. The maximum Gasteiger partial charge on any atom is 0.569 e. The quantitative estimate of drug-likeness (QED) is 0.276. The van der Waals surface area contributed by atoms with Crippen LogP contribution in [-0.4, -0.2) is 47.0 Å². The summed E-state index contributed by atoms with van der Waals surface area (Å²) < 4.78 is 4.99. The van der Waals surface area contributed by atoms with Gasteiger partial charge in [0, 0.05) is 0 Å². The minimum Gasteiger partial charge on any atom is -0.537 e. The van der Waals surface area contributed by atoms with Crippen LogP contribution in [-0.2, 0) is 0 Å². The van der Waals surface area contributed by atoms with Gasteiger partial charge in [-0.2, -0.15) is 0 Å². The minimum absolute atomic E-state index is 0.407. The summed E-state index contributed by atoms with van der Waals surface area (Å²) in [5.74, 6) is 0.508. The molecule has 0 unspecified atom stereocenters. The third-order valence-electron chi connectivity index (χ3n) is 5.39. The van der Waals surface area contributed by atoms with Crippen LogP contribution in [0.15, 0.2) is 91.0 Å². The summed E-state index contributed by atoms with van der Waals surface area (Å²) in [6.45, 7) is 0. The summed E-state index contributed by atoms with van der Waals surface area (Å²) in [5.41, 5.74) is 6.36. The van der Waals surface area contributed by atoms with E-state index in [0.717, 1.165) is 33.4 Å². The molecule has 0 saturated heterocycles. The lowest BCUT2D eigenvalue weighted by atomic mass is 9.79. The molecule has 33 heavy (non-hydrogen) atoms. The summed E-state index contributed by atoms with van der Waals surface area (Å²) >= 11 is 0. The molecule has 9 heteroatoms. The third-order valence-corrected chi connectivity index (χ3v) is 5.39. The van der Waals surface area contributed by atoms with Crippen molar-refractivity contribution in [2.45, 2.75) is 0 Å². The fourth-order valence-electron chi connectivity index (χ4n) is 3.61. The van der Waals surface area contributed by atoms with Crippen molar-refractivity contribution in [1.29, 1.82) is 0 Å². The number of benzene rings is 4. The van der Waals surface area contributed by atoms with Gasteiger partial charge < -0.3 is 29.8 Å². The van der Waals surface area contributed by atoms with E-state index in [1.165, 1.54) is 0 Å². The second kappa shape index (κ2) is 10.1. The van der Waals surface area contributed by atoms with Crippen LogP contribution in [0, 0.1) is 0 Å². The van der Waals surface area contributed by atoms with Crippen LogP contribution < -0.4 is 15.6 Å². The van der Waals surface area contributed by atoms with Crippen molar-refractivity contribution in [3.63, 3.8) is 0 Å². The molecule has 0 aromatic heterocycles. The van der Waals surface area contributed by atoms with Crippen molar-refractivity contribution in [2.75, 3.05) is 0 Å². The second-order valence-electron chi connectivity index (χ2n) is 7.54. The average Bonchev–Trinajstić information content (AvgIpc) is 2.84. The van der Waals surface area contributed by atoms with E-state index in [9.17, 15) is 20.1 Å². The highest BCUT2D eigenvalue weighted by molar-refractivity contribution is 6.59. The van der Waals surface area contributed by atoms with Crippen molar-refractivity contribution in [2.24, 2.45) is 0 Å². The molecule has 6 nitrogen and oxygen atoms in total. The summed E-state index contributed by atoms with van der Waals surface area (Å²) in [6, 6.07) is 27.4. The summed E-state index contributed by atoms with van der Waals surface area (Å²) in [6.07, 6.45) is 0. The van der Waals surface area contributed by atoms with Crippen LogP contribution in [0.3, 0.4) is 0 Å². The lowest BCUT2D eigenvalue weighted by molar-refractivity contribution is 0.424. The molecule has 0 fully saturated rings. The van der Waals surface area contributed by atoms with Crippen LogP contribution in [0.5, 0.6) is 5.75 Å². The third kappa shape index (κ3) is 5.36. The van der Waals surface area contributed by atoms with E-state index in [1.54, 1.807) is 36.4 Å². The number of hydrogen-bond acceptors (Lipinski definition) is 6. The molecule has 0 aliphatic heterocycles. The molecular weight excluding hydrogens is 417 g/mol. The first-order chi connectivity index (χ1) is 15.9. The Morgan fingerprint density at radius 3 is 1.12 bits per heavy atom. The van der Waals surface area contributed by atoms with Crippen molar-refractivity contribution in [3.8, 4) is 39.1 Å². The van der Waals surface area contributed by atoms with E-state index in [1.807, 2.05) is 54.6 Å². The predicted molar refractivity (Wildman–Crippen MR) is 131 cm³/mol. The minimum atomic E-state index is -1.53. The maximum absolute atomic E-state index is 9.38. The van der Waals surface area contributed by atoms with Crippen LogP contribution in [0.25, 0.3) is 33.4 Å². The zero-order valence-electron chi connectivity index (χ0n) is 17.5. The number of rotatable bonds is 7. The van der Waals surface area contributed by atoms with Crippen LogP contribution in [0.4, 0.5) is 0 Å². The monoisotopic (exact) mass is 437 g/mol. The van der Waals surface area contributed by atoms with Gasteiger partial charge in [0.2, 0.25) is 0 Å². The largest absolute Gasteiger partial charge is 0.569 e. The van der Waals surface area contributed by atoms with Gasteiger partial charge in [-0.15, -0.1) is 0 Å². The Morgan fingerprint density at radius 2 is 0.818 bits per heavy atom. The molecule has 4 rings (SSSR count). The van der Waals surface area contributed by atoms with Gasteiger partial charge in [0.15, 0.2) is 0 Å².